The minimum atomic E-state index is -0.364. The summed E-state index contributed by atoms with van der Waals surface area (Å²) in [6.45, 7) is 6.19. The van der Waals surface area contributed by atoms with Crippen molar-refractivity contribution in [3.63, 3.8) is 0 Å². The van der Waals surface area contributed by atoms with Crippen LogP contribution in [0.25, 0.3) is 15.9 Å². The van der Waals surface area contributed by atoms with Crippen LogP contribution in [0.4, 0.5) is 10.1 Å². The zero-order valence-corrected chi connectivity index (χ0v) is 21.0. The number of hydrogen-bond donors (Lipinski definition) is 1. The molecule has 8 heteroatoms. The van der Waals surface area contributed by atoms with Crippen LogP contribution >= 0.6 is 23.1 Å². The molecule has 0 unspecified atom stereocenters. The predicted molar refractivity (Wildman–Crippen MR) is 139 cm³/mol. The predicted octanol–water partition coefficient (Wildman–Crippen LogP) is 6.14. The maximum absolute atomic E-state index is 13.7. The van der Waals surface area contributed by atoms with Gasteiger partial charge < -0.3 is 5.32 Å². The quantitative estimate of drug-likeness (QED) is 0.236. The molecular formula is C26H26FN3O2S2. The van der Waals surface area contributed by atoms with Crippen LogP contribution in [0.3, 0.4) is 0 Å². The number of aromatic nitrogens is 2. The molecule has 0 aliphatic heterocycles. The minimum absolute atomic E-state index is 0.0640. The average Bonchev–Trinajstić information content (AvgIpc) is 3.15. The third-order valence-corrected chi connectivity index (χ3v) is 7.76. The smallest absolute Gasteiger partial charge is 0.267 e. The van der Waals surface area contributed by atoms with Crippen molar-refractivity contribution >= 4 is 44.9 Å². The van der Waals surface area contributed by atoms with Gasteiger partial charge in [-0.1, -0.05) is 44.2 Å². The zero-order valence-electron chi connectivity index (χ0n) is 19.4. The largest absolute Gasteiger partial charge is 0.325 e. The van der Waals surface area contributed by atoms with Gasteiger partial charge in [0.1, 0.15) is 10.6 Å². The number of nitrogens with zero attached hydrogens (tertiary/aromatic N) is 2. The molecule has 4 rings (SSSR count). The molecular weight excluding hydrogens is 469 g/mol. The number of carbonyl (C=O) groups is 1. The summed E-state index contributed by atoms with van der Waals surface area (Å²) in [5.74, 6) is -0.557. The van der Waals surface area contributed by atoms with Gasteiger partial charge in [0, 0.05) is 10.6 Å². The topological polar surface area (TPSA) is 64.0 Å². The molecule has 2 aromatic carbocycles. The molecule has 2 aromatic heterocycles. The second-order valence-electron chi connectivity index (χ2n) is 7.98. The second kappa shape index (κ2) is 10.5. The highest BCUT2D eigenvalue weighted by Crippen LogP contribution is 2.31. The Hall–Kier alpha value is -2.97. The lowest BCUT2D eigenvalue weighted by molar-refractivity contribution is -0.113. The third-order valence-electron chi connectivity index (χ3n) is 5.57. The number of carbonyl (C=O) groups excluding carboxylic acids is 1. The number of halogens is 1. The molecule has 0 aliphatic carbocycles. The Morgan fingerprint density at radius 1 is 1.12 bits per heavy atom. The molecule has 4 aromatic rings. The Morgan fingerprint density at radius 2 is 1.82 bits per heavy atom. The highest BCUT2D eigenvalue weighted by molar-refractivity contribution is 7.99. The van der Waals surface area contributed by atoms with E-state index in [0.717, 1.165) is 30.5 Å². The maximum Gasteiger partial charge on any atom is 0.267 e. The van der Waals surface area contributed by atoms with Crippen molar-refractivity contribution in [1.82, 2.24) is 9.55 Å². The van der Waals surface area contributed by atoms with Crippen LogP contribution in [0.15, 0.2) is 58.5 Å². The molecule has 0 bridgehead atoms. The highest BCUT2D eigenvalue weighted by atomic mass is 32.2. The average molecular weight is 496 g/mol. The van der Waals surface area contributed by atoms with E-state index in [1.54, 1.807) is 15.9 Å². The van der Waals surface area contributed by atoms with Gasteiger partial charge in [-0.05, 0) is 67.3 Å². The summed E-state index contributed by atoms with van der Waals surface area (Å²) in [6, 6.07) is 13.5. The molecule has 5 nitrogen and oxygen atoms in total. The lowest BCUT2D eigenvalue weighted by atomic mass is 10.1. The van der Waals surface area contributed by atoms with E-state index >= 15 is 0 Å². The van der Waals surface area contributed by atoms with E-state index in [1.165, 1.54) is 46.5 Å². The Labute approximate surface area is 206 Å². The maximum atomic E-state index is 13.7. The van der Waals surface area contributed by atoms with Gasteiger partial charge in [0.15, 0.2) is 5.16 Å². The van der Waals surface area contributed by atoms with E-state index in [0.29, 0.717) is 21.1 Å². The molecule has 176 valence electrons. The number of aryl methyl sites for hydroxylation is 3. The van der Waals surface area contributed by atoms with E-state index in [2.05, 4.69) is 19.2 Å². The Kier molecular flexibility index (Phi) is 7.48. The molecule has 1 amide bonds. The van der Waals surface area contributed by atoms with E-state index in [-0.39, 0.29) is 23.0 Å². The molecule has 1 N–H and O–H groups in total. The Balaban J connectivity index is 1.71. The summed E-state index contributed by atoms with van der Waals surface area (Å²) in [6.07, 6.45) is 2.80. The zero-order chi connectivity index (χ0) is 24.2. The number of amides is 1. The van der Waals surface area contributed by atoms with Gasteiger partial charge in [0.25, 0.3) is 5.56 Å². The first-order valence-electron chi connectivity index (χ1n) is 11.2. The van der Waals surface area contributed by atoms with Gasteiger partial charge in [0.2, 0.25) is 5.91 Å². The summed E-state index contributed by atoms with van der Waals surface area (Å²) >= 11 is 2.76. The van der Waals surface area contributed by atoms with Crippen LogP contribution in [-0.2, 0) is 17.6 Å². The minimum Gasteiger partial charge on any atom is -0.325 e. The van der Waals surface area contributed by atoms with Gasteiger partial charge in [-0.25, -0.2) is 9.37 Å². The number of nitrogens with one attached hydrogen (secondary N) is 1. The fourth-order valence-corrected chi connectivity index (χ4v) is 5.87. The molecule has 2 heterocycles. The molecule has 0 saturated heterocycles. The fourth-order valence-electron chi connectivity index (χ4n) is 3.74. The van der Waals surface area contributed by atoms with Crippen molar-refractivity contribution in [2.24, 2.45) is 0 Å². The molecule has 0 aliphatic rings. The van der Waals surface area contributed by atoms with Crippen molar-refractivity contribution in [1.29, 1.82) is 0 Å². The van der Waals surface area contributed by atoms with E-state index in [4.69, 9.17) is 4.98 Å². The molecule has 0 atom stereocenters. The third kappa shape index (κ3) is 5.08. The van der Waals surface area contributed by atoms with Gasteiger partial charge in [0.05, 0.1) is 16.8 Å². The number of hydrogen-bond acceptors (Lipinski definition) is 5. The number of fused-ring (bicyclic) bond motifs is 1. The first-order chi connectivity index (χ1) is 16.4. The summed E-state index contributed by atoms with van der Waals surface area (Å²) in [5, 5.41) is 3.88. The molecule has 0 fully saturated rings. The Morgan fingerprint density at radius 3 is 2.47 bits per heavy atom. The van der Waals surface area contributed by atoms with Crippen molar-refractivity contribution < 1.29 is 9.18 Å². The van der Waals surface area contributed by atoms with E-state index in [1.807, 2.05) is 31.2 Å². The summed E-state index contributed by atoms with van der Waals surface area (Å²) in [7, 11) is 0. The van der Waals surface area contributed by atoms with Gasteiger partial charge in [-0.15, -0.1) is 11.3 Å². The molecule has 0 saturated carbocycles. The molecule has 0 spiro atoms. The number of anilines is 1. The van der Waals surface area contributed by atoms with Crippen molar-refractivity contribution in [3.8, 4) is 5.69 Å². The van der Waals surface area contributed by atoms with Crippen molar-refractivity contribution in [2.75, 3.05) is 11.1 Å². The molecule has 0 radical (unpaired) electrons. The van der Waals surface area contributed by atoms with Crippen LogP contribution in [-0.4, -0.2) is 21.2 Å². The van der Waals surface area contributed by atoms with Crippen LogP contribution < -0.4 is 10.9 Å². The monoisotopic (exact) mass is 495 g/mol. The summed E-state index contributed by atoms with van der Waals surface area (Å²) < 4.78 is 14.7. The van der Waals surface area contributed by atoms with Crippen LogP contribution in [0, 0.1) is 12.7 Å². The fraction of sp³-hybridized carbons (Fsp3) is 0.269. The normalized spacial score (nSPS) is 11.2. The van der Waals surface area contributed by atoms with E-state index < -0.39 is 0 Å². The summed E-state index contributed by atoms with van der Waals surface area (Å²) in [4.78, 5) is 32.9. The van der Waals surface area contributed by atoms with Crippen molar-refractivity contribution in [2.45, 2.75) is 45.2 Å². The highest BCUT2D eigenvalue weighted by Gasteiger charge is 2.20. The van der Waals surface area contributed by atoms with Gasteiger partial charge in [-0.3, -0.25) is 14.2 Å². The standard InChI is InChI=1S/C26H26FN3O2S2/c1-4-6-21-16(3)23-24(34-21)29-26(30(25(23)32)20-13-7-17(5-2)8-14-20)33-15-22(31)28-19-11-9-18(27)10-12-19/h7-14H,4-6,15H2,1-3H3,(H,28,31). The van der Waals surface area contributed by atoms with Gasteiger partial charge in [-0.2, -0.15) is 0 Å². The number of benzene rings is 2. The van der Waals surface area contributed by atoms with Gasteiger partial charge >= 0.3 is 0 Å². The first kappa shape index (κ1) is 24.2. The Bertz CT molecular complexity index is 1380. The number of rotatable bonds is 8. The molecule has 34 heavy (non-hydrogen) atoms. The second-order valence-corrected chi connectivity index (χ2v) is 10.0. The van der Waals surface area contributed by atoms with E-state index in [9.17, 15) is 14.0 Å². The van der Waals surface area contributed by atoms with Crippen LogP contribution in [0.2, 0.25) is 0 Å². The van der Waals surface area contributed by atoms with Crippen LogP contribution in [0.1, 0.15) is 36.3 Å². The lowest BCUT2D eigenvalue weighted by Crippen LogP contribution is -2.23. The number of thioether (sulfide) groups is 1. The van der Waals surface area contributed by atoms with Crippen LogP contribution in [0.5, 0.6) is 0 Å². The van der Waals surface area contributed by atoms with Crippen molar-refractivity contribution in [3.05, 3.63) is 80.7 Å². The SMILES string of the molecule is CCCc1sc2nc(SCC(=O)Nc3ccc(F)cc3)n(-c3ccc(CC)cc3)c(=O)c2c1C. The first-order valence-corrected chi connectivity index (χ1v) is 13.0. The summed E-state index contributed by atoms with van der Waals surface area (Å²) in [5.41, 5.74) is 3.29. The number of thiophene rings is 1. The lowest BCUT2D eigenvalue weighted by Gasteiger charge is -2.13.